The average Bonchev–Trinajstić information content (AvgIpc) is 2.91. The van der Waals surface area contributed by atoms with E-state index in [9.17, 15) is 0 Å². The van der Waals surface area contributed by atoms with Gasteiger partial charge in [0.15, 0.2) is 0 Å². The van der Waals surface area contributed by atoms with Crippen molar-refractivity contribution >= 4 is 24.8 Å². The van der Waals surface area contributed by atoms with Gasteiger partial charge in [-0.3, -0.25) is 4.98 Å². The molecule has 0 aromatic carbocycles. The number of nitrogens with one attached hydrogen (secondary N) is 1. The van der Waals surface area contributed by atoms with E-state index in [-0.39, 0.29) is 24.8 Å². The van der Waals surface area contributed by atoms with Crippen LogP contribution in [-0.2, 0) is 0 Å². The van der Waals surface area contributed by atoms with Crippen LogP contribution in [0.25, 0.3) is 0 Å². The second-order valence-electron chi connectivity index (χ2n) is 4.54. The number of rotatable bonds is 1. The van der Waals surface area contributed by atoms with Gasteiger partial charge in [-0.1, -0.05) is 5.92 Å². The highest BCUT2D eigenvalue weighted by Crippen LogP contribution is 2.39. The van der Waals surface area contributed by atoms with E-state index in [1.807, 2.05) is 6.20 Å². The summed E-state index contributed by atoms with van der Waals surface area (Å²) in [5.41, 5.74) is 2.21. The molecule has 2 saturated heterocycles. The van der Waals surface area contributed by atoms with Crippen LogP contribution in [0.3, 0.4) is 0 Å². The lowest BCUT2D eigenvalue weighted by Gasteiger charge is -2.20. The SMILES string of the molecule is C#Cc1cncc([C@H]2C[C@@H]3CC[C@H]2N3)c1.Cl.Cl. The zero-order valence-electron chi connectivity index (χ0n) is 9.43. The minimum Gasteiger partial charge on any atom is -0.311 e. The Labute approximate surface area is 114 Å². The maximum absolute atomic E-state index is 5.39. The van der Waals surface area contributed by atoms with Crippen molar-refractivity contribution in [2.45, 2.75) is 37.3 Å². The van der Waals surface area contributed by atoms with Crippen LogP contribution in [0.1, 0.15) is 36.3 Å². The summed E-state index contributed by atoms with van der Waals surface area (Å²) in [5.74, 6) is 3.28. The van der Waals surface area contributed by atoms with Crippen molar-refractivity contribution in [1.29, 1.82) is 0 Å². The molecular formula is C13H16Cl2N2. The Morgan fingerprint density at radius 2 is 2.12 bits per heavy atom. The molecule has 0 saturated carbocycles. The predicted molar refractivity (Wildman–Crippen MR) is 74.0 cm³/mol. The van der Waals surface area contributed by atoms with E-state index < -0.39 is 0 Å². The summed E-state index contributed by atoms with van der Waals surface area (Å²) >= 11 is 0. The average molecular weight is 271 g/mol. The Morgan fingerprint density at radius 1 is 1.29 bits per heavy atom. The van der Waals surface area contributed by atoms with Gasteiger partial charge in [0.1, 0.15) is 0 Å². The third-order valence-electron chi connectivity index (χ3n) is 3.65. The van der Waals surface area contributed by atoms with Crippen LogP contribution >= 0.6 is 24.8 Å². The predicted octanol–water partition coefficient (Wildman–Crippen LogP) is 2.51. The molecular weight excluding hydrogens is 255 g/mol. The second kappa shape index (κ2) is 5.73. The maximum atomic E-state index is 5.39. The lowest BCUT2D eigenvalue weighted by molar-refractivity contribution is 0.505. The molecule has 0 aliphatic carbocycles. The first-order valence-electron chi connectivity index (χ1n) is 5.54. The van der Waals surface area contributed by atoms with Gasteiger partial charge in [-0.25, -0.2) is 0 Å². The van der Waals surface area contributed by atoms with Gasteiger partial charge < -0.3 is 5.32 Å². The van der Waals surface area contributed by atoms with Crippen molar-refractivity contribution < 1.29 is 0 Å². The number of pyridine rings is 1. The topological polar surface area (TPSA) is 24.9 Å². The van der Waals surface area contributed by atoms with Crippen LogP contribution in [0.5, 0.6) is 0 Å². The fourth-order valence-electron chi connectivity index (χ4n) is 2.93. The Hall–Kier alpha value is -0.750. The van der Waals surface area contributed by atoms with E-state index in [0.717, 1.165) is 11.6 Å². The summed E-state index contributed by atoms with van der Waals surface area (Å²) in [6, 6.07) is 3.50. The number of terminal acetylenes is 1. The Balaban J connectivity index is 0.000000722. The van der Waals surface area contributed by atoms with Gasteiger partial charge in [-0.2, -0.15) is 0 Å². The molecule has 0 spiro atoms. The van der Waals surface area contributed by atoms with Crippen molar-refractivity contribution in [1.82, 2.24) is 10.3 Å². The van der Waals surface area contributed by atoms with Gasteiger partial charge in [0.2, 0.25) is 0 Å². The number of aromatic nitrogens is 1. The minimum atomic E-state index is 0. The summed E-state index contributed by atoms with van der Waals surface area (Å²) in [6.45, 7) is 0. The number of halogens is 2. The number of fused-ring (bicyclic) bond motifs is 2. The first-order valence-corrected chi connectivity index (χ1v) is 5.54. The Morgan fingerprint density at radius 3 is 2.71 bits per heavy atom. The lowest BCUT2D eigenvalue weighted by atomic mass is 9.84. The van der Waals surface area contributed by atoms with Crippen LogP contribution < -0.4 is 5.32 Å². The van der Waals surface area contributed by atoms with E-state index in [4.69, 9.17) is 6.42 Å². The number of hydrogen-bond donors (Lipinski definition) is 1. The van der Waals surface area contributed by atoms with E-state index in [2.05, 4.69) is 22.3 Å². The molecule has 2 aliphatic heterocycles. The van der Waals surface area contributed by atoms with Crippen LogP contribution in [0, 0.1) is 12.3 Å². The van der Waals surface area contributed by atoms with Crippen molar-refractivity contribution in [2.75, 3.05) is 0 Å². The van der Waals surface area contributed by atoms with Crippen molar-refractivity contribution in [3.05, 3.63) is 29.6 Å². The standard InChI is InChI=1S/C13H14N2.2ClH/c1-2-9-5-10(8-14-7-9)12-6-11-3-4-13(12)15-11;;/h1,5,7-8,11-13,15H,3-4,6H2;2*1H/t11-,12+,13+;;/m0../s1. The molecule has 2 aliphatic rings. The molecule has 3 heterocycles. The summed E-state index contributed by atoms with van der Waals surface area (Å²) in [7, 11) is 0. The molecule has 0 amide bonds. The highest BCUT2D eigenvalue weighted by Gasteiger charge is 2.39. The highest BCUT2D eigenvalue weighted by atomic mass is 35.5. The van der Waals surface area contributed by atoms with Crippen molar-refractivity contribution in [3.8, 4) is 12.3 Å². The van der Waals surface area contributed by atoms with Crippen LogP contribution in [0.15, 0.2) is 18.5 Å². The molecule has 1 aromatic heterocycles. The molecule has 0 unspecified atom stereocenters. The van der Waals surface area contributed by atoms with Crippen molar-refractivity contribution in [2.24, 2.45) is 0 Å². The van der Waals surface area contributed by atoms with E-state index in [1.54, 1.807) is 6.20 Å². The smallest absolute Gasteiger partial charge is 0.0428 e. The second-order valence-corrected chi connectivity index (χ2v) is 4.54. The van der Waals surface area contributed by atoms with Crippen LogP contribution in [0.4, 0.5) is 0 Å². The zero-order chi connectivity index (χ0) is 10.3. The molecule has 2 bridgehead atoms. The molecule has 3 atom stereocenters. The third-order valence-corrected chi connectivity index (χ3v) is 3.65. The number of hydrogen-bond acceptors (Lipinski definition) is 2. The molecule has 2 nitrogen and oxygen atoms in total. The Kier molecular flexibility index (Phi) is 4.82. The van der Waals surface area contributed by atoms with E-state index in [1.165, 1.54) is 24.8 Å². The summed E-state index contributed by atoms with van der Waals surface area (Å²) < 4.78 is 0. The fourth-order valence-corrected chi connectivity index (χ4v) is 2.93. The maximum Gasteiger partial charge on any atom is 0.0428 e. The molecule has 1 aromatic rings. The molecule has 0 radical (unpaired) electrons. The van der Waals surface area contributed by atoms with Crippen molar-refractivity contribution in [3.63, 3.8) is 0 Å². The third kappa shape index (κ3) is 2.57. The largest absolute Gasteiger partial charge is 0.311 e. The van der Waals surface area contributed by atoms with Gasteiger partial charge in [-0.15, -0.1) is 31.2 Å². The monoisotopic (exact) mass is 270 g/mol. The van der Waals surface area contributed by atoms with Gasteiger partial charge in [-0.05, 0) is 30.9 Å². The lowest BCUT2D eigenvalue weighted by Crippen LogP contribution is -2.21. The van der Waals surface area contributed by atoms with Gasteiger partial charge in [0.25, 0.3) is 0 Å². The summed E-state index contributed by atoms with van der Waals surface area (Å²) in [4.78, 5) is 4.21. The minimum absolute atomic E-state index is 0. The highest BCUT2D eigenvalue weighted by molar-refractivity contribution is 5.85. The first-order chi connectivity index (χ1) is 7.36. The molecule has 17 heavy (non-hydrogen) atoms. The van der Waals surface area contributed by atoms with Crippen LogP contribution in [-0.4, -0.2) is 17.1 Å². The summed E-state index contributed by atoms with van der Waals surface area (Å²) in [5, 5.41) is 3.63. The zero-order valence-corrected chi connectivity index (χ0v) is 11.1. The molecule has 2 fully saturated rings. The van der Waals surface area contributed by atoms with Gasteiger partial charge in [0, 0.05) is 36.0 Å². The quantitative estimate of drug-likeness (QED) is 0.794. The first kappa shape index (κ1) is 14.3. The summed E-state index contributed by atoms with van der Waals surface area (Å²) in [6.07, 6.45) is 13.0. The normalized spacial score (nSPS) is 29.0. The molecule has 4 heteroatoms. The van der Waals surface area contributed by atoms with E-state index >= 15 is 0 Å². The van der Waals surface area contributed by atoms with Gasteiger partial charge >= 0.3 is 0 Å². The Bertz CT molecular complexity index is 428. The van der Waals surface area contributed by atoms with Gasteiger partial charge in [0.05, 0.1) is 0 Å². The number of nitrogens with zero attached hydrogens (tertiary/aromatic N) is 1. The fraction of sp³-hybridized carbons (Fsp3) is 0.462. The molecule has 1 N–H and O–H groups in total. The molecule has 3 rings (SSSR count). The van der Waals surface area contributed by atoms with Crippen LogP contribution in [0.2, 0.25) is 0 Å². The molecule has 92 valence electrons. The van der Waals surface area contributed by atoms with E-state index in [0.29, 0.717) is 12.0 Å².